The Hall–Kier alpha value is -2.24. The lowest BCUT2D eigenvalue weighted by molar-refractivity contribution is -0.149. The first-order chi connectivity index (χ1) is 17.7. The van der Waals surface area contributed by atoms with Crippen molar-refractivity contribution in [3.8, 4) is 0 Å². The van der Waals surface area contributed by atoms with Crippen LogP contribution < -0.4 is 0 Å². The van der Waals surface area contributed by atoms with Crippen LogP contribution in [0.5, 0.6) is 0 Å². The molecule has 4 N–H and O–H groups in total. The van der Waals surface area contributed by atoms with Gasteiger partial charge in [-0.3, -0.25) is 19.2 Å². The summed E-state index contributed by atoms with van der Waals surface area (Å²) in [7, 11) is 0. The normalized spacial score (nSPS) is 12.6. The molecule has 0 saturated heterocycles. The molecule has 0 saturated carbocycles. The average molecular weight is 535 g/mol. The molecule has 0 fully saturated rings. The number of aliphatic hydroxyl groups excluding tert-OH is 2. The Labute approximate surface area is 219 Å². The summed E-state index contributed by atoms with van der Waals surface area (Å²) in [6.07, 6.45) is 8.64. The highest BCUT2D eigenvalue weighted by atomic mass is 16.6. The SMILES string of the molecule is O=C(O)CCCCCCCCC(=O)OCC(O)COCC(O)COC(=O)CCCCCCCCC(=O)O. The van der Waals surface area contributed by atoms with E-state index >= 15 is 0 Å². The number of carboxylic acid groups (broad SMARTS) is 2. The number of unbranched alkanes of at least 4 members (excludes halogenated alkanes) is 10. The number of carbonyl (C=O) groups is 4. The number of esters is 2. The quantitative estimate of drug-likeness (QED) is 0.0946. The lowest BCUT2D eigenvalue weighted by Gasteiger charge is -2.15. The van der Waals surface area contributed by atoms with E-state index in [9.17, 15) is 29.4 Å². The molecule has 0 aromatic heterocycles. The van der Waals surface area contributed by atoms with Crippen LogP contribution in [0.15, 0.2) is 0 Å². The average Bonchev–Trinajstić information content (AvgIpc) is 2.84. The van der Waals surface area contributed by atoms with E-state index in [4.69, 9.17) is 24.4 Å². The van der Waals surface area contributed by atoms with Crippen molar-refractivity contribution in [2.24, 2.45) is 0 Å². The number of carboxylic acids is 2. The van der Waals surface area contributed by atoms with E-state index in [0.717, 1.165) is 51.4 Å². The highest BCUT2D eigenvalue weighted by Crippen LogP contribution is 2.10. The highest BCUT2D eigenvalue weighted by molar-refractivity contribution is 5.69. The molecule has 0 amide bonds. The summed E-state index contributed by atoms with van der Waals surface area (Å²) in [5, 5.41) is 36.8. The van der Waals surface area contributed by atoms with Crippen LogP contribution in [-0.2, 0) is 33.4 Å². The summed E-state index contributed by atoms with van der Waals surface area (Å²) < 4.78 is 15.2. The van der Waals surface area contributed by atoms with Crippen molar-refractivity contribution in [1.82, 2.24) is 0 Å². The Morgan fingerprint density at radius 3 is 1.08 bits per heavy atom. The molecule has 11 nitrogen and oxygen atoms in total. The molecule has 0 rings (SSSR count). The van der Waals surface area contributed by atoms with Gasteiger partial charge in [0.2, 0.25) is 0 Å². The Bertz CT molecular complexity index is 572. The van der Waals surface area contributed by atoms with Gasteiger partial charge in [0.05, 0.1) is 13.2 Å². The second-order valence-corrected chi connectivity index (χ2v) is 9.24. The van der Waals surface area contributed by atoms with Gasteiger partial charge in [-0.25, -0.2) is 0 Å². The summed E-state index contributed by atoms with van der Waals surface area (Å²) >= 11 is 0. The fraction of sp³-hybridized carbons (Fsp3) is 0.846. The first-order valence-corrected chi connectivity index (χ1v) is 13.4. The van der Waals surface area contributed by atoms with Crippen LogP contribution in [0, 0.1) is 0 Å². The second-order valence-electron chi connectivity index (χ2n) is 9.24. The van der Waals surface area contributed by atoms with E-state index in [1.165, 1.54) is 0 Å². The maximum Gasteiger partial charge on any atom is 0.305 e. The standard InChI is InChI=1S/C26H46O11/c27-21(19-36-25(33)15-11-7-3-1-5-9-13-23(29)30)17-35-18-22(28)20-37-26(34)16-12-8-4-2-6-10-14-24(31)32/h21-22,27-28H,1-20H2,(H,29,30)(H,31,32). The van der Waals surface area contributed by atoms with E-state index in [1.54, 1.807) is 0 Å². The molecule has 0 spiro atoms. The van der Waals surface area contributed by atoms with Crippen molar-refractivity contribution in [2.75, 3.05) is 26.4 Å². The molecular formula is C26H46O11. The van der Waals surface area contributed by atoms with Crippen molar-refractivity contribution in [1.29, 1.82) is 0 Å². The van der Waals surface area contributed by atoms with Gasteiger partial charge < -0.3 is 34.6 Å². The van der Waals surface area contributed by atoms with Crippen molar-refractivity contribution in [2.45, 2.75) is 115 Å². The van der Waals surface area contributed by atoms with Crippen LogP contribution in [0.25, 0.3) is 0 Å². The van der Waals surface area contributed by atoms with Gasteiger partial charge in [-0.2, -0.15) is 0 Å². The molecule has 0 aromatic rings. The number of hydrogen-bond donors (Lipinski definition) is 4. The molecule has 0 bridgehead atoms. The molecule has 11 heteroatoms. The van der Waals surface area contributed by atoms with Gasteiger partial charge in [0, 0.05) is 25.7 Å². The van der Waals surface area contributed by atoms with E-state index in [-0.39, 0.29) is 52.1 Å². The minimum Gasteiger partial charge on any atom is -0.481 e. The smallest absolute Gasteiger partial charge is 0.305 e. The van der Waals surface area contributed by atoms with E-state index < -0.39 is 36.1 Å². The van der Waals surface area contributed by atoms with Crippen LogP contribution in [-0.4, -0.2) is 82.9 Å². The lowest BCUT2D eigenvalue weighted by atomic mass is 10.1. The Morgan fingerprint density at radius 2 is 0.757 bits per heavy atom. The van der Waals surface area contributed by atoms with Crippen molar-refractivity contribution in [3.05, 3.63) is 0 Å². The third-order valence-electron chi connectivity index (χ3n) is 5.54. The molecule has 0 aliphatic rings. The van der Waals surface area contributed by atoms with Gasteiger partial charge >= 0.3 is 23.9 Å². The zero-order valence-corrected chi connectivity index (χ0v) is 21.9. The van der Waals surface area contributed by atoms with Gasteiger partial charge in [0.15, 0.2) is 0 Å². The molecular weight excluding hydrogens is 488 g/mol. The molecule has 0 aliphatic carbocycles. The third kappa shape index (κ3) is 26.6. The van der Waals surface area contributed by atoms with E-state index in [1.807, 2.05) is 0 Å². The summed E-state index contributed by atoms with van der Waals surface area (Å²) in [6.45, 7) is -0.695. The Morgan fingerprint density at radius 1 is 0.459 bits per heavy atom. The molecule has 37 heavy (non-hydrogen) atoms. The molecule has 0 aromatic carbocycles. The van der Waals surface area contributed by atoms with E-state index in [0.29, 0.717) is 25.7 Å². The molecule has 216 valence electrons. The summed E-state index contributed by atoms with van der Waals surface area (Å²) in [5.74, 6) is -2.38. The van der Waals surface area contributed by atoms with Gasteiger partial charge in [0.25, 0.3) is 0 Å². The van der Waals surface area contributed by atoms with Gasteiger partial charge in [0.1, 0.15) is 25.4 Å². The Kier molecular flexibility index (Phi) is 22.7. The number of aliphatic carboxylic acids is 2. The maximum absolute atomic E-state index is 11.7. The van der Waals surface area contributed by atoms with Crippen molar-refractivity contribution < 1.29 is 53.8 Å². The molecule has 0 heterocycles. The van der Waals surface area contributed by atoms with Crippen molar-refractivity contribution in [3.63, 3.8) is 0 Å². The fourth-order valence-corrected chi connectivity index (χ4v) is 3.46. The van der Waals surface area contributed by atoms with Crippen LogP contribution in [0.4, 0.5) is 0 Å². The number of hydrogen-bond acceptors (Lipinski definition) is 9. The number of aliphatic hydroxyl groups is 2. The van der Waals surface area contributed by atoms with Crippen molar-refractivity contribution >= 4 is 23.9 Å². The first kappa shape index (κ1) is 34.8. The molecule has 0 radical (unpaired) electrons. The highest BCUT2D eigenvalue weighted by Gasteiger charge is 2.13. The minimum atomic E-state index is -1.03. The summed E-state index contributed by atoms with van der Waals surface area (Å²) in [5.41, 5.74) is 0. The first-order valence-electron chi connectivity index (χ1n) is 13.4. The Balaban J connectivity index is 3.57. The summed E-state index contributed by atoms with van der Waals surface area (Å²) in [4.78, 5) is 44.3. The summed E-state index contributed by atoms with van der Waals surface area (Å²) in [6, 6.07) is 0. The second kappa shape index (κ2) is 24.1. The maximum atomic E-state index is 11.7. The topological polar surface area (TPSA) is 177 Å². The van der Waals surface area contributed by atoms with Crippen LogP contribution in [0.2, 0.25) is 0 Å². The predicted octanol–water partition coefficient (Wildman–Crippen LogP) is 3.22. The predicted molar refractivity (Wildman–Crippen MR) is 134 cm³/mol. The molecule has 2 atom stereocenters. The van der Waals surface area contributed by atoms with Crippen LogP contribution >= 0.6 is 0 Å². The number of ether oxygens (including phenoxy) is 3. The fourth-order valence-electron chi connectivity index (χ4n) is 3.46. The van der Waals surface area contributed by atoms with Gasteiger partial charge in [-0.05, 0) is 25.7 Å². The molecule has 2 unspecified atom stereocenters. The number of carbonyl (C=O) groups excluding carboxylic acids is 2. The number of rotatable bonds is 26. The monoisotopic (exact) mass is 534 g/mol. The largest absolute Gasteiger partial charge is 0.481 e. The zero-order chi connectivity index (χ0) is 27.7. The third-order valence-corrected chi connectivity index (χ3v) is 5.54. The zero-order valence-electron chi connectivity index (χ0n) is 21.9. The van der Waals surface area contributed by atoms with Gasteiger partial charge in [-0.15, -0.1) is 0 Å². The van der Waals surface area contributed by atoms with Crippen LogP contribution in [0.3, 0.4) is 0 Å². The van der Waals surface area contributed by atoms with Gasteiger partial charge in [-0.1, -0.05) is 51.4 Å². The minimum absolute atomic E-state index is 0.138. The lowest BCUT2D eigenvalue weighted by Crippen LogP contribution is -2.28. The van der Waals surface area contributed by atoms with E-state index in [2.05, 4.69) is 0 Å². The van der Waals surface area contributed by atoms with Crippen LogP contribution in [0.1, 0.15) is 103 Å². The molecule has 0 aliphatic heterocycles.